The molecule has 0 spiro atoms. The lowest BCUT2D eigenvalue weighted by atomic mass is 9.95. The predicted molar refractivity (Wildman–Crippen MR) is 83.4 cm³/mol. The third-order valence-corrected chi connectivity index (χ3v) is 4.60. The van der Waals surface area contributed by atoms with Gasteiger partial charge in [-0.25, -0.2) is 0 Å². The van der Waals surface area contributed by atoms with E-state index in [0.29, 0.717) is 6.04 Å². The number of likely N-dealkylation sites (N-methyl/N-ethyl adjacent to an activating group) is 1. The molecule has 1 aliphatic rings. The van der Waals surface area contributed by atoms with Crippen LogP contribution in [0.3, 0.4) is 0 Å². The van der Waals surface area contributed by atoms with Crippen LogP contribution in [0.2, 0.25) is 0 Å². The molecule has 1 unspecified atom stereocenters. The van der Waals surface area contributed by atoms with Gasteiger partial charge in [-0.05, 0) is 38.9 Å². The van der Waals surface area contributed by atoms with Crippen molar-refractivity contribution < 1.29 is 0 Å². The van der Waals surface area contributed by atoms with Gasteiger partial charge in [-0.3, -0.25) is 14.8 Å². The fourth-order valence-corrected chi connectivity index (χ4v) is 3.18. The third kappa shape index (κ3) is 3.19. The predicted octanol–water partition coefficient (Wildman–Crippen LogP) is 1.72. The van der Waals surface area contributed by atoms with Gasteiger partial charge in [-0.2, -0.15) is 0 Å². The Morgan fingerprint density at radius 2 is 2.25 bits per heavy atom. The zero-order valence-electron chi connectivity index (χ0n) is 13.0. The summed E-state index contributed by atoms with van der Waals surface area (Å²) < 4.78 is 0. The summed E-state index contributed by atoms with van der Waals surface area (Å²) in [6.07, 6.45) is 3.02. The third-order valence-electron chi connectivity index (χ3n) is 4.60. The summed E-state index contributed by atoms with van der Waals surface area (Å²) in [5, 5.41) is 0. The summed E-state index contributed by atoms with van der Waals surface area (Å²) in [4.78, 5) is 9.51. The topological polar surface area (TPSA) is 45.4 Å². The second kappa shape index (κ2) is 6.66. The molecule has 20 heavy (non-hydrogen) atoms. The van der Waals surface area contributed by atoms with Gasteiger partial charge in [0.1, 0.15) is 0 Å². The van der Waals surface area contributed by atoms with Crippen LogP contribution in [0.15, 0.2) is 24.4 Å². The molecule has 2 N–H and O–H groups in total. The molecular formula is C16H28N4. The van der Waals surface area contributed by atoms with E-state index in [9.17, 15) is 0 Å². The van der Waals surface area contributed by atoms with Crippen LogP contribution in [0.5, 0.6) is 0 Å². The molecule has 0 saturated carbocycles. The number of aromatic nitrogens is 1. The lowest BCUT2D eigenvalue weighted by molar-refractivity contribution is 0.0907. The minimum absolute atomic E-state index is 0.108. The lowest BCUT2D eigenvalue weighted by Crippen LogP contribution is -2.55. The molecule has 1 aromatic rings. The van der Waals surface area contributed by atoms with Gasteiger partial charge in [0, 0.05) is 44.0 Å². The first kappa shape index (κ1) is 15.4. The maximum atomic E-state index is 6.17. The SMILES string of the molecule is CCN(Cc1ccccn1)C1(CN)CCN(C(C)C)C1. The average molecular weight is 276 g/mol. The number of nitrogens with zero attached hydrogens (tertiary/aromatic N) is 3. The van der Waals surface area contributed by atoms with Crippen molar-refractivity contribution in [2.45, 2.75) is 45.3 Å². The minimum atomic E-state index is 0.108. The van der Waals surface area contributed by atoms with Crippen LogP contribution < -0.4 is 5.73 Å². The van der Waals surface area contributed by atoms with Crippen LogP contribution in [0, 0.1) is 0 Å². The Morgan fingerprint density at radius 3 is 2.75 bits per heavy atom. The van der Waals surface area contributed by atoms with Crippen molar-refractivity contribution >= 4 is 0 Å². The van der Waals surface area contributed by atoms with Crippen molar-refractivity contribution in [3.05, 3.63) is 30.1 Å². The summed E-state index contributed by atoms with van der Waals surface area (Å²) in [7, 11) is 0. The van der Waals surface area contributed by atoms with Crippen molar-refractivity contribution in [1.82, 2.24) is 14.8 Å². The van der Waals surface area contributed by atoms with E-state index in [1.54, 1.807) is 0 Å². The number of pyridine rings is 1. The normalized spacial score (nSPS) is 23.9. The highest BCUT2D eigenvalue weighted by Gasteiger charge is 2.41. The molecule has 2 heterocycles. The standard InChI is InChI=1S/C16H28N4/c1-4-20(11-15-7-5-6-9-18-15)16(12-17)8-10-19(13-16)14(2)3/h5-7,9,14H,4,8,10-13,17H2,1-3H3. The average Bonchev–Trinajstić information content (AvgIpc) is 2.92. The van der Waals surface area contributed by atoms with Crippen molar-refractivity contribution in [3.63, 3.8) is 0 Å². The van der Waals surface area contributed by atoms with Gasteiger partial charge in [0.05, 0.1) is 5.69 Å². The van der Waals surface area contributed by atoms with Gasteiger partial charge in [-0.15, -0.1) is 0 Å². The first-order valence-corrected chi connectivity index (χ1v) is 7.70. The smallest absolute Gasteiger partial charge is 0.0544 e. The highest BCUT2D eigenvalue weighted by atomic mass is 15.3. The second-order valence-electron chi connectivity index (χ2n) is 6.08. The van der Waals surface area contributed by atoms with E-state index in [1.807, 2.05) is 12.3 Å². The quantitative estimate of drug-likeness (QED) is 0.859. The molecule has 0 bridgehead atoms. The highest BCUT2D eigenvalue weighted by Crippen LogP contribution is 2.29. The number of hydrogen-bond acceptors (Lipinski definition) is 4. The van der Waals surface area contributed by atoms with E-state index in [2.05, 4.69) is 47.7 Å². The zero-order chi connectivity index (χ0) is 14.6. The van der Waals surface area contributed by atoms with E-state index in [-0.39, 0.29) is 5.54 Å². The molecule has 1 aromatic heterocycles. The number of nitrogens with two attached hydrogens (primary N) is 1. The molecule has 1 saturated heterocycles. The maximum absolute atomic E-state index is 6.17. The van der Waals surface area contributed by atoms with Crippen molar-refractivity contribution in [3.8, 4) is 0 Å². The minimum Gasteiger partial charge on any atom is -0.329 e. The molecule has 0 aliphatic carbocycles. The Morgan fingerprint density at radius 1 is 1.45 bits per heavy atom. The zero-order valence-corrected chi connectivity index (χ0v) is 13.0. The molecule has 4 nitrogen and oxygen atoms in total. The van der Waals surface area contributed by atoms with Crippen LogP contribution >= 0.6 is 0 Å². The van der Waals surface area contributed by atoms with E-state index in [0.717, 1.165) is 44.8 Å². The monoisotopic (exact) mass is 276 g/mol. The van der Waals surface area contributed by atoms with E-state index in [4.69, 9.17) is 5.73 Å². The van der Waals surface area contributed by atoms with Crippen molar-refractivity contribution in [2.75, 3.05) is 26.2 Å². The second-order valence-corrected chi connectivity index (χ2v) is 6.08. The molecule has 112 valence electrons. The van der Waals surface area contributed by atoms with Gasteiger partial charge in [0.25, 0.3) is 0 Å². The van der Waals surface area contributed by atoms with Gasteiger partial charge in [0.2, 0.25) is 0 Å². The van der Waals surface area contributed by atoms with E-state index < -0.39 is 0 Å². The van der Waals surface area contributed by atoms with E-state index in [1.165, 1.54) is 0 Å². The Kier molecular flexibility index (Phi) is 5.13. The Labute approximate surface area is 123 Å². The Balaban J connectivity index is 2.12. The van der Waals surface area contributed by atoms with E-state index >= 15 is 0 Å². The van der Waals surface area contributed by atoms with Crippen LogP contribution in [-0.2, 0) is 6.54 Å². The van der Waals surface area contributed by atoms with Crippen molar-refractivity contribution in [1.29, 1.82) is 0 Å². The number of likely N-dealkylation sites (tertiary alicyclic amines) is 1. The van der Waals surface area contributed by atoms with Crippen LogP contribution in [0.4, 0.5) is 0 Å². The molecular weight excluding hydrogens is 248 g/mol. The van der Waals surface area contributed by atoms with Gasteiger partial charge < -0.3 is 5.73 Å². The molecule has 1 aliphatic heterocycles. The largest absolute Gasteiger partial charge is 0.329 e. The molecule has 2 rings (SSSR count). The van der Waals surface area contributed by atoms with Gasteiger partial charge in [-0.1, -0.05) is 13.0 Å². The number of hydrogen-bond donors (Lipinski definition) is 1. The summed E-state index contributed by atoms with van der Waals surface area (Å²) in [6.45, 7) is 11.6. The van der Waals surface area contributed by atoms with Gasteiger partial charge in [0.15, 0.2) is 0 Å². The maximum Gasteiger partial charge on any atom is 0.0544 e. The van der Waals surface area contributed by atoms with Crippen molar-refractivity contribution in [2.24, 2.45) is 5.73 Å². The molecule has 4 heteroatoms. The summed E-state index contributed by atoms with van der Waals surface area (Å²) in [6, 6.07) is 6.72. The number of rotatable bonds is 6. The Bertz CT molecular complexity index is 406. The molecule has 1 fully saturated rings. The summed E-state index contributed by atoms with van der Waals surface area (Å²) in [5.74, 6) is 0. The fraction of sp³-hybridized carbons (Fsp3) is 0.688. The highest BCUT2D eigenvalue weighted by molar-refractivity contribution is 5.07. The van der Waals surface area contributed by atoms with Crippen LogP contribution in [-0.4, -0.2) is 52.5 Å². The van der Waals surface area contributed by atoms with Gasteiger partial charge >= 0.3 is 0 Å². The molecule has 0 radical (unpaired) electrons. The molecule has 1 atom stereocenters. The summed E-state index contributed by atoms with van der Waals surface area (Å²) >= 11 is 0. The van der Waals surface area contributed by atoms with Crippen LogP contribution in [0.1, 0.15) is 32.9 Å². The molecule has 0 amide bonds. The lowest BCUT2D eigenvalue weighted by Gasteiger charge is -2.40. The fourth-order valence-electron chi connectivity index (χ4n) is 3.18. The summed E-state index contributed by atoms with van der Waals surface area (Å²) in [5.41, 5.74) is 7.41. The first-order chi connectivity index (χ1) is 9.61. The first-order valence-electron chi connectivity index (χ1n) is 7.70. The Hall–Kier alpha value is -0.970. The molecule has 0 aromatic carbocycles. The van der Waals surface area contributed by atoms with Crippen LogP contribution in [0.25, 0.3) is 0 Å².